The van der Waals surface area contributed by atoms with Crippen molar-refractivity contribution >= 4 is 17.6 Å². The number of aliphatic imine (C=N–C) groups is 1. The van der Waals surface area contributed by atoms with Crippen molar-refractivity contribution in [1.82, 2.24) is 15.1 Å². The average molecular weight is 447 g/mol. The third-order valence-corrected chi connectivity index (χ3v) is 5.59. The molecule has 2 aromatic carbocycles. The molecule has 0 atom stereocenters. The molecule has 0 aliphatic carbocycles. The van der Waals surface area contributed by atoms with E-state index in [-0.39, 0.29) is 0 Å². The molecule has 1 aliphatic heterocycles. The quantitative estimate of drug-likeness (QED) is 0.520. The van der Waals surface area contributed by atoms with E-state index in [1.165, 1.54) is 0 Å². The number of hydrogen-bond acceptors (Lipinski definition) is 5. The van der Waals surface area contributed by atoms with Gasteiger partial charge in [0.05, 0.1) is 21.3 Å². The Morgan fingerprint density at radius 3 is 2.19 bits per heavy atom. The number of hydrogen-bond donors (Lipinski definition) is 1. The van der Waals surface area contributed by atoms with Crippen molar-refractivity contribution < 1.29 is 14.2 Å². The average Bonchev–Trinajstić information content (AvgIpc) is 2.79. The number of piperazine rings is 1. The van der Waals surface area contributed by atoms with Gasteiger partial charge in [-0.05, 0) is 35.4 Å². The summed E-state index contributed by atoms with van der Waals surface area (Å²) in [4.78, 5) is 9.16. The van der Waals surface area contributed by atoms with Gasteiger partial charge in [-0.3, -0.25) is 9.89 Å². The Morgan fingerprint density at radius 1 is 0.968 bits per heavy atom. The summed E-state index contributed by atoms with van der Waals surface area (Å²) in [5.41, 5.74) is 2.26. The number of methoxy groups -OCH3 is 3. The lowest BCUT2D eigenvalue weighted by molar-refractivity contribution is 0.172. The standard InChI is InChI=1S/C23H31ClN4O3/c1-25-23(26-15-17-6-5-7-19(24)12-17)28-10-8-27(9-11-28)16-18-13-20(29-2)22(31-4)21(14-18)30-3/h5-7,12-14H,8-11,15-16H2,1-4H3,(H,25,26). The third kappa shape index (κ3) is 5.95. The number of ether oxygens (including phenoxy) is 3. The number of guanidine groups is 1. The Hall–Kier alpha value is -2.64. The van der Waals surface area contributed by atoms with Crippen LogP contribution < -0.4 is 19.5 Å². The summed E-state index contributed by atoms with van der Waals surface area (Å²) in [5, 5.41) is 4.19. The molecule has 0 bridgehead atoms. The Labute approximate surface area is 189 Å². The second-order valence-electron chi connectivity index (χ2n) is 7.33. The molecular formula is C23H31ClN4O3. The second-order valence-corrected chi connectivity index (χ2v) is 7.76. The summed E-state index contributed by atoms with van der Waals surface area (Å²) in [6.45, 7) is 5.19. The molecule has 1 aliphatic rings. The van der Waals surface area contributed by atoms with Crippen LogP contribution in [0.1, 0.15) is 11.1 Å². The molecule has 0 radical (unpaired) electrons. The summed E-state index contributed by atoms with van der Waals surface area (Å²) >= 11 is 6.08. The van der Waals surface area contributed by atoms with Gasteiger partial charge in [0, 0.05) is 51.3 Å². The van der Waals surface area contributed by atoms with Crippen LogP contribution in [0.2, 0.25) is 5.02 Å². The first-order chi connectivity index (χ1) is 15.1. The smallest absolute Gasteiger partial charge is 0.203 e. The van der Waals surface area contributed by atoms with Crippen molar-refractivity contribution in [3.63, 3.8) is 0 Å². The van der Waals surface area contributed by atoms with Gasteiger partial charge >= 0.3 is 0 Å². The molecule has 1 fully saturated rings. The van der Waals surface area contributed by atoms with Gasteiger partial charge in [0.2, 0.25) is 5.75 Å². The molecule has 8 heteroatoms. The molecule has 1 N–H and O–H groups in total. The first-order valence-electron chi connectivity index (χ1n) is 10.3. The topological polar surface area (TPSA) is 58.6 Å². The lowest BCUT2D eigenvalue weighted by atomic mass is 10.1. The molecule has 1 heterocycles. The number of rotatable bonds is 7. The summed E-state index contributed by atoms with van der Waals surface area (Å²) in [5.74, 6) is 2.89. The van der Waals surface area contributed by atoms with Crippen LogP contribution in [0, 0.1) is 0 Å². The molecular weight excluding hydrogens is 416 g/mol. The SMILES string of the molecule is CN=C(NCc1cccc(Cl)c1)N1CCN(Cc2cc(OC)c(OC)c(OC)c2)CC1. The largest absolute Gasteiger partial charge is 0.493 e. The molecule has 3 rings (SSSR count). The van der Waals surface area contributed by atoms with Crippen LogP contribution in [-0.4, -0.2) is 70.3 Å². The Kier molecular flexibility index (Phi) is 8.26. The number of nitrogens with zero attached hydrogens (tertiary/aromatic N) is 3. The monoisotopic (exact) mass is 446 g/mol. The van der Waals surface area contributed by atoms with E-state index in [0.717, 1.165) is 54.8 Å². The van der Waals surface area contributed by atoms with E-state index in [2.05, 4.69) is 26.2 Å². The summed E-state index contributed by atoms with van der Waals surface area (Å²) in [6, 6.07) is 11.9. The van der Waals surface area contributed by atoms with Gasteiger partial charge < -0.3 is 24.4 Å². The minimum absolute atomic E-state index is 0.619. The van der Waals surface area contributed by atoms with E-state index < -0.39 is 0 Å². The number of benzene rings is 2. The molecule has 0 saturated carbocycles. The zero-order valence-corrected chi connectivity index (χ0v) is 19.4. The van der Waals surface area contributed by atoms with Gasteiger partial charge in [-0.15, -0.1) is 0 Å². The maximum atomic E-state index is 6.08. The molecule has 0 amide bonds. The maximum absolute atomic E-state index is 6.08. The molecule has 1 saturated heterocycles. The third-order valence-electron chi connectivity index (χ3n) is 5.35. The highest BCUT2D eigenvalue weighted by atomic mass is 35.5. The van der Waals surface area contributed by atoms with Crippen LogP contribution in [0.3, 0.4) is 0 Å². The fourth-order valence-corrected chi connectivity index (χ4v) is 3.98. The van der Waals surface area contributed by atoms with Crippen LogP contribution in [0.5, 0.6) is 17.2 Å². The maximum Gasteiger partial charge on any atom is 0.203 e. The van der Waals surface area contributed by atoms with Crippen LogP contribution >= 0.6 is 11.6 Å². The Bertz CT molecular complexity index is 873. The Balaban J connectivity index is 1.56. The molecule has 0 aromatic heterocycles. The molecule has 31 heavy (non-hydrogen) atoms. The zero-order chi connectivity index (χ0) is 22.2. The lowest BCUT2D eigenvalue weighted by Gasteiger charge is -2.36. The minimum atomic E-state index is 0.619. The van der Waals surface area contributed by atoms with Crippen LogP contribution in [0.25, 0.3) is 0 Å². The van der Waals surface area contributed by atoms with E-state index in [4.69, 9.17) is 25.8 Å². The number of halogens is 1. The van der Waals surface area contributed by atoms with Gasteiger partial charge in [-0.1, -0.05) is 23.7 Å². The normalized spacial score (nSPS) is 15.0. The van der Waals surface area contributed by atoms with Crippen molar-refractivity contribution in [2.24, 2.45) is 4.99 Å². The van der Waals surface area contributed by atoms with Gasteiger partial charge in [0.15, 0.2) is 17.5 Å². The highest BCUT2D eigenvalue weighted by molar-refractivity contribution is 6.30. The first-order valence-corrected chi connectivity index (χ1v) is 10.7. The van der Waals surface area contributed by atoms with E-state index in [1.54, 1.807) is 21.3 Å². The van der Waals surface area contributed by atoms with Crippen molar-refractivity contribution in [2.45, 2.75) is 13.1 Å². The fourth-order valence-electron chi connectivity index (χ4n) is 3.76. The van der Waals surface area contributed by atoms with Gasteiger partial charge in [-0.25, -0.2) is 0 Å². The fraction of sp³-hybridized carbons (Fsp3) is 0.435. The van der Waals surface area contributed by atoms with E-state index in [9.17, 15) is 0 Å². The molecule has 0 spiro atoms. The van der Waals surface area contributed by atoms with E-state index in [0.29, 0.717) is 23.8 Å². The lowest BCUT2D eigenvalue weighted by Crippen LogP contribution is -2.52. The van der Waals surface area contributed by atoms with Crippen LogP contribution in [0.4, 0.5) is 0 Å². The second kappa shape index (κ2) is 11.1. The first kappa shape index (κ1) is 23.0. The van der Waals surface area contributed by atoms with E-state index >= 15 is 0 Å². The van der Waals surface area contributed by atoms with Crippen molar-refractivity contribution in [3.05, 3.63) is 52.5 Å². The molecule has 0 unspecified atom stereocenters. The predicted molar refractivity (Wildman–Crippen MR) is 125 cm³/mol. The zero-order valence-electron chi connectivity index (χ0n) is 18.7. The van der Waals surface area contributed by atoms with Crippen molar-refractivity contribution in [1.29, 1.82) is 0 Å². The molecule has 168 valence electrons. The highest BCUT2D eigenvalue weighted by Gasteiger charge is 2.21. The van der Waals surface area contributed by atoms with Gasteiger partial charge in [0.1, 0.15) is 0 Å². The highest BCUT2D eigenvalue weighted by Crippen LogP contribution is 2.38. The summed E-state index contributed by atoms with van der Waals surface area (Å²) in [7, 11) is 6.72. The van der Waals surface area contributed by atoms with Crippen molar-refractivity contribution in [2.75, 3.05) is 54.6 Å². The van der Waals surface area contributed by atoms with Gasteiger partial charge in [-0.2, -0.15) is 0 Å². The van der Waals surface area contributed by atoms with Crippen molar-refractivity contribution in [3.8, 4) is 17.2 Å². The predicted octanol–water partition coefficient (Wildman–Crippen LogP) is 3.26. The van der Waals surface area contributed by atoms with Gasteiger partial charge in [0.25, 0.3) is 0 Å². The van der Waals surface area contributed by atoms with E-state index in [1.807, 2.05) is 37.4 Å². The minimum Gasteiger partial charge on any atom is -0.493 e. The van der Waals surface area contributed by atoms with Crippen LogP contribution in [0.15, 0.2) is 41.4 Å². The van der Waals surface area contributed by atoms with Crippen LogP contribution in [-0.2, 0) is 13.1 Å². The molecule has 7 nitrogen and oxygen atoms in total. The summed E-state index contributed by atoms with van der Waals surface area (Å²) in [6.07, 6.45) is 0. The Morgan fingerprint density at radius 2 is 1.65 bits per heavy atom. The number of nitrogens with one attached hydrogen (secondary N) is 1. The summed E-state index contributed by atoms with van der Waals surface area (Å²) < 4.78 is 16.4. The molecule has 2 aromatic rings.